The Morgan fingerprint density at radius 2 is 1.88 bits per heavy atom. The molecule has 0 amide bonds. The zero-order chi connectivity index (χ0) is 17.4. The predicted molar refractivity (Wildman–Crippen MR) is 94.1 cm³/mol. The number of nitrogens with zero attached hydrogens (tertiary/aromatic N) is 1. The van der Waals surface area contributed by atoms with Crippen LogP contribution in [-0.2, 0) is 19.1 Å². The molecule has 6 nitrogen and oxygen atoms in total. The van der Waals surface area contributed by atoms with Gasteiger partial charge in [0.2, 0.25) is 0 Å². The van der Waals surface area contributed by atoms with E-state index in [2.05, 4.69) is 10.3 Å². The Balaban J connectivity index is 1.52. The lowest BCUT2D eigenvalue weighted by Crippen LogP contribution is -2.47. The Kier molecular flexibility index (Phi) is 3.95. The highest BCUT2D eigenvalue weighted by Crippen LogP contribution is 2.37. The minimum atomic E-state index is -1.06. The van der Waals surface area contributed by atoms with Crippen molar-refractivity contribution in [2.24, 2.45) is 0 Å². The summed E-state index contributed by atoms with van der Waals surface area (Å²) >= 11 is 1.45. The lowest BCUT2D eigenvalue weighted by Gasteiger charge is -2.38. The molecule has 2 aromatic rings. The molecule has 1 spiro atoms. The number of anilines is 1. The van der Waals surface area contributed by atoms with Crippen LogP contribution in [0.4, 0.5) is 5.13 Å². The number of rotatable bonds is 2. The number of nitrogens with one attached hydrogen (secondary N) is 1. The summed E-state index contributed by atoms with van der Waals surface area (Å²) < 4.78 is 11.9. The number of thiazole rings is 1. The Bertz CT molecular complexity index is 858. The number of carbonyl (C=O) groups excluding carboxylic acids is 2. The van der Waals surface area contributed by atoms with Gasteiger partial charge in [0.05, 0.1) is 10.2 Å². The van der Waals surface area contributed by atoms with E-state index in [0.717, 1.165) is 35.0 Å². The van der Waals surface area contributed by atoms with Gasteiger partial charge in [-0.1, -0.05) is 23.8 Å². The first kappa shape index (κ1) is 16.1. The standard InChI is InChI=1S/C18H18N2O4S/c1-11-5-6-13-14(9-11)25-17(20-13)19-10-12-15(21)23-18(24-16(12)22)7-3-2-4-8-18/h5-6,9-10H,2-4,7-8H2,1H3,(H,19,20). The smallest absolute Gasteiger partial charge is 0.350 e. The Hall–Kier alpha value is -2.41. The molecule has 25 heavy (non-hydrogen) atoms. The van der Waals surface area contributed by atoms with Crippen molar-refractivity contribution in [3.63, 3.8) is 0 Å². The van der Waals surface area contributed by atoms with Gasteiger partial charge in [0.15, 0.2) is 10.7 Å². The van der Waals surface area contributed by atoms with Gasteiger partial charge in [-0.3, -0.25) is 0 Å². The molecule has 1 aliphatic carbocycles. The van der Waals surface area contributed by atoms with E-state index >= 15 is 0 Å². The molecule has 7 heteroatoms. The molecule has 0 atom stereocenters. The van der Waals surface area contributed by atoms with Crippen LogP contribution >= 0.6 is 11.3 Å². The van der Waals surface area contributed by atoms with Crippen LogP contribution in [0.5, 0.6) is 0 Å². The normalized spacial score (nSPS) is 19.6. The maximum atomic E-state index is 12.3. The van der Waals surface area contributed by atoms with Gasteiger partial charge in [-0.15, -0.1) is 0 Å². The summed E-state index contributed by atoms with van der Waals surface area (Å²) in [4.78, 5) is 29.0. The van der Waals surface area contributed by atoms with Crippen LogP contribution < -0.4 is 5.32 Å². The third-order valence-corrected chi connectivity index (χ3v) is 5.45. The van der Waals surface area contributed by atoms with E-state index in [4.69, 9.17) is 9.47 Å². The van der Waals surface area contributed by atoms with E-state index in [1.807, 2.05) is 25.1 Å². The van der Waals surface area contributed by atoms with Crippen molar-refractivity contribution in [3.8, 4) is 0 Å². The third kappa shape index (κ3) is 3.11. The quantitative estimate of drug-likeness (QED) is 0.501. The summed E-state index contributed by atoms with van der Waals surface area (Å²) in [5, 5.41) is 3.52. The first-order chi connectivity index (χ1) is 12.0. The van der Waals surface area contributed by atoms with Gasteiger partial charge < -0.3 is 14.8 Å². The van der Waals surface area contributed by atoms with Crippen molar-refractivity contribution >= 4 is 38.6 Å². The fourth-order valence-electron chi connectivity index (χ4n) is 3.19. The number of fused-ring (bicyclic) bond motifs is 1. The summed E-state index contributed by atoms with van der Waals surface area (Å²) in [5.41, 5.74) is 1.89. The molecule has 2 aliphatic rings. The number of hydrogen-bond donors (Lipinski definition) is 1. The zero-order valence-electron chi connectivity index (χ0n) is 13.8. The summed E-state index contributed by atoms with van der Waals surface area (Å²) in [6.07, 6.45) is 5.32. The van der Waals surface area contributed by atoms with Crippen LogP contribution in [-0.4, -0.2) is 22.7 Å². The molecule has 1 N–H and O–H groups in total. The molecule has 1 saturated carbocycles. The summed E-state index contributed by atoms with van der Waals surface area (Å²) in [6, 6.07) is 5.97. The molecule has 1 aromatic heterocycles. The van der Waals surface area contributed by atoms with E-state index in [0.29, 0.717) is 18.0 Å². The number of carbonyl (C=O) groups is 2. The van der Waals surface area contributed by atoms with Gasteiger partial charge in [-0.25, -0.2) is 14.6 Å². The number of aryl methyl sites for hydroxylation is 1. The number of esters is 2. The number of hydrogen-bond acceptors (Lipinski definition) is 7. The fraction of sp³-hybridized carbons (Fsp3) is 0.389. The van der Waals surface area contributed by atoms with Crippen LogP contribution in [0.3, 0.4) is 0 Å². The van der Waals surface area contributed by atoms with Gasteiger partial charge in [0.1, 0.15) is 0 Å². The maximum Gasteiger partial charge on any atom is 0.350 e. The first-order valence-corrected chi connectivity index (χ1v) is 9.17. The lowest BCUT2D eigenvalue weighted by atomic mass is 9.93. The van der Waals surface area contributed by atoms with Crippen molar-refractivity contribution in [2.75, 3.05) is 5.32 Å². The molecule has 130 valence electrons. The van der Waals surface area contributed by atoms with Crippen LogP contribution in [0.2, 0.25) is 0 Å². The second-order valence-corrected chi connectivity index (χ2v) is 7.47. The van der Waals surface area contributed by atoms with Crippen molar-refractivity contribution in [2.45, 2.75) is 44.8 Å². The summed E-state index contributed by atoms with van der Waals surface area (Å²) in [6.45, 7) is 2.02. The van der Waals surface area contributed by atoms with Gasteiger partial charge in [0, 0.05) is 19.0 Å². The average Bonchev–Trinajstić information content (AvgIpc) is 2.96. The average molecular weight is 358 g/mol. The van der Waals surface area contributed by atoms with Crippen LogP contribution in [0.15, 0.2) is 30.0 Å². The van der Waals surface area contributed by atoms with Gasteiger partial charge in [0.25, 0.3) is 5.79 Å². The largest absolute Gasteiger partial charge is 0.419 e. The molecule has 1 aromatic carbocycles. The second kappa shape index (κ2) is 6.15. The van der Waals surface area contributed by atoms with Gasteiger partial charge in [-0.05, 0) is 37.5 Å². The molecule has 1 aliphatic heterocycles. The van der Waals surface area contributed by atoms with Crippen LogP contribution in [0, 0.1) is 6.92 Å². The zero-order valence-corrected chi connectivity index (χ0v) is 14.6. The molecular weight excluding hydrogens is 340 g/mol. The van der Waals surface area contributed by atoms with Crippen molar-refractivity contribution in [1.82, 2.24) is 4.98 Å². The molecule has 0 bridgehead atoms. The number of aromatic nitrogens is 1. The topological polar surface area (TPSA) is 77.5 Å². The minimum Gasteiger partial charge on any atom is -0.419 e. The maximum absolute atomic E-state index is 12.3. The number of ether oxygens (including phenoxy) is 2. The van der Waals surface area contributed by atoms with E-state index in [1.165, 1.54) is 17.5 Å². The minimum absolute atomic E-state index is 0.133. The monoisotopic (exact) mass is 358 g/mol. The fourth-order valence-corrected chi connectivity index (χ4v) is 4.13. The molecule has 0 unspecified atom stereocenters. The lowest BCUT2D eigenvalue weighted by molar-refractivity contribution is -0.244. The summed E-state index contributed by atoms with van der Waals surface area (Å²) in [5.74, 6) is -2.33. The third-order valence-electron chi connectivity index (χ3n) is 4.50. The molecule has 1 saturated heterocycles. The first-order valence-electron chi connectivity index (χ1n) is 8.35. The molecular formula is C18H18N2O4S. The molecule has 2 fully saturated rings. The Morgan fingerprint density at radius 3 is 2.60 bits per heavy atom. The van der Waals surface area contributed by atoms with Crippen LogP contribution in [0.1, 0.15) is 37.7 Å². The Morgan fingerprint density at radius 1 is 1.16 bits per heavy atom. The van der Waals surface area contributed by atoms with Crippen molar-refractivity contribution in [1.29, 1.82) is 0 Å². The Labute approximate surface area is 148 Å². The highest BCUT2D eigenvalue weighted by atomic mass is 32.1. The SMILES string of the molecule is Cc1ccc2nc(NC=C3C(=O)OC4(CCCCC4)OC3=O)sc2c1. The second-order valence-electron chi connectivity index (χ2n) is 6.44. The van der Waals surface area contributed by atoms with Gasteiger partial charge >= 0.3 is 11.9 Å². The molecule has 0 radical (unpaired) electrons. The van der Waals surface area contributed by atoms with Crippen molar-refractivity contribution in [3.05, 3.63) is 35.5 Å². The molecule has 4 rings (SSSR count). The van der Waals surface area contributed by atoms with Crippen molar-refractivity contribution < 1.29 is 19.1 Å². The highest BCUT2D eigenvalue weighted by Gasteiger charge is 2.46. The van der Waals surface area contributed by atoms with E-state index in [1.54, 1.807) is 0 Å². The van der Waals surface area contributed by atoms with Crippen LogP contribution in [0.25, 0.3) is 10.2 Å². The van der Waals surface area contributed by atoms with E-state index in [9.17, 15) is 9.59 Å². The number of benzene rings is 1. The van der Waals surface area contributed by atoms with Gasteiger partial charge in [-0.2, -0.15) is 0 Å². The predicted octanol–water partition coefficient (Wildman–Crippen LogP) is 3.66. The van der Waals surface area contributed by atoms with E-state index < -0.39 is 17.7 Å². The summed E-state index contributed by atoms with van der Waals surface area (Å²) in [7, 11) is 0. The van der Waals surface area contributed by atoms with E-state index in [-0.39, 0.29) is 5.57 Å². The molecule has 2 heterocycles. The highest BCUT2D eigenvalue weighted by molar-refractivity contribution is 7.22.